The van der Waals surface area contributed by atoms with E-state index in [2.05, 4.69) is 15.1 Å². The molecule has 6 rings (SSSR count). The molecule has 0 aliphatic rings. The summed E-state index contributed by atoms with van der Waals surface area (Å²) in [5.74, 6) is -1.72. The summed E-state index contributed by atoms with van der Waals surface area (Å²) in [6.45, 7) is 2.53. The van der Waals surface area contributed by atoms with Crippen LogP contribution in [0.3, 0.4) is 0 Å². The van der Waals surface area contributed by atoms with Gasteiger partial charge in [-0.25, -0.2) is 21.2 Å². The number of halogens is 2. The Labute approximate surface area is 223 Å². The van der Waals surface area contributed by atoms with Gasteiger partial charge in [-0.1, -0.05) is 30.3 Å². The first-order valence-corrected chi connectivity index (χ1v) is 13.6. The second-order valence-electron chi connectivity index (χ2n) is 8.80. The maximum Gasteiger partial charge on any atom is 0.268 e. The van der Waals surface area contributed by atoms with Crippen LogP contribution in [0.1, 0.15) is 6.92 Å². The van der Waals surface area contributed by atoms with Gasteiger partial charge in [0.1, 0.15) is 23.0 Å². The average molecular weight is 542 g/mol. The third-order valence-electron chi connectivity index (χ3n) is 6.46. The highest BCUT2D eigenvalue weighted by atomic mass is 32.2. The fourth-order valence-electron chi connectivity index (χ4n) is 4.67. The van der Waals surface area contributed by atoms with Crippen molar-refractivity contribution in [2.45, 2.75) is 18.4 Å². The minimum absolute atomic E-state index is 0.00208. The van der Waals surface area contributed by atoms with E-state index in [1.54, 1.807) is 59.7 Å². The normalized spacial score (nSPS) is 11.8. The van der Waals surface area contributed by atoms with Crippen LogP contribution in [0.25, 0.3) is 44.8 Å². The van der Waals surface area contributed by atoms with Gasteiger partial charge < -0.3 is 0 Å². The highest BCUT2D eigenvalue weighted by molar-refractivity contribution is 7.90. The van der Waals surface area contributed by atoms with Gasteiger partial charge >= 0.3 is 0 Å². The molecule has 0 saturated carbocycles. The SMILES string of the molecule is CCn1nc(-c2cnccn2)cc1-c1ccc2c(c1)cc(-c1c(F)cccc1F)n2S(=O)(=O)c1ccccc1. The quantitative estimate of drug-likeness (QED) is 0.252. The Bertz CT molecular complexity index is 1920. The van der Waals surface area contributed by atoms with Crippen LogP contribution in [-0.4, -0.2) is 32.1 Å². The molecule has 0 aliphatic heterocycles. The number of hydrogen-bond donors (Lipinski definition) is 0. The van der Waals surface area contributed by atoms with Gasteiger partial charge in [0.05, 0.1) is 33.6 Å². The predicted octanol–water partition coefficient (Wildman–Crippen LogP) is 6.16. The molecule has 0 unspecified atom stereocenters. The van der Waals surface area contributed by atoms with Gasteiger partial charge in [0, 0.05) is 29.9 Å². The number of rotatable bonds is 6. The van der Waals surface area contributed by atoms with Crippen molar-refractivity contribution >= 4 is 20.9 Å². The van der Waals surface area contributed by atoms with Crippen molar-refractivity contribution in [2.75, 3.05) is 0 Å². The average Bonchev–Trinajstić information content (AvgIpc) is 3.56. The van der Waals surface area contributed by atoms with E-state index in [9.17, 15) is 17.2 Å². The van der Waals surface area contributed by atoms with Gasteiger partial charge in [0.2, 0.25) is 0 Å². The topological polar surface area (TPSA) is 82.7 Å². The molecule has 0 bridgehead atoms. The standard InChI is InChI=1S/C29H21F2N5O2S/c1-2-35-27(17-24(34-35)25-18-32-13-14-33-25)19-11-12-26-20(15-19)16-28(29-22(30)9-6-10-23(29)31)36(26)39(37,38)21-7-4-3-5-8-21/h3-18H,2H2,1H3. The number of aromatic nitrogens is 5. The largest absolute Gasteiger partial charge is 0.268 e. The Balaban J connectivity index is 1.59. The number of nitrogens with zero attached hydrogens (tertiary/aromatic N) is 5. The summed E-state index contributed by atoms with van der Waals surface area (Å²) < 4.78 is 60.4. The molecule has 3 aromatic carbocycles. The van der Waals surface area contributed by atoms with E-state index in [0.717, 1.165) is 27.4 Å². The zero-order valence-corrected chi connectivity index (χ0v) is 21.5. The van der Waals surface area contributed by atoms with Crippen LogP contribution in [0.2, 0.25) is 0 Å². The monoisotopic (exact) mass is 541 g/mol. The third-order valence-corrected chi connectivity index (χ3v) is 8.20. The van der Waals surface area contributed by atoms with E-state index in [1.165, 1.54) is 24.3 Å². The Morgan fingerprint density at radius 1 is 0.821 bits per heavy atom. The first-order chi connectivity index (χ1) is 18.9. The number of benzene rings is 3. The molecule has 194 valence electrons. The highest BCUT2D eigenvalue weighted by Crippen LogP contribution is 2.37. The highest BCUT2D eigenvalue weighted by Gasteiger charge is 2.27. The van der Waals surface area contributed by atoms with Gasteiger partial charge in [-0.15, -0.1) is 0 Å². The lowest BCUT2D eigenvalue weighted by Gasteiger charge is -2.13. The molecule has 0 atom stereocenters. The van der Waals surface area contributed by atoms with Crippen LogP contribution in [0.15, 0.2) is 102 Å². The van der Waals surface area contributed by atoms with Crippen molar-refractivity contribution in [3.05, 3.63) is 109 Å². The Morgan fingerprint density at radius 2 is 1.59 bits per heavy atom. The lowest BCUT2D eigenvalue weighted by molar-refractivity contribution is 0.583. The summed E-state index contributed by atoms with van der Waals surface area (Å²) in [4.78, 5) is 8.44. The zero-order chi connectivity index (χ0) is 27.1. The number of aryl methyl sites for hydroxylation is 1. The second kappa shape index (κ2) is 9.55. The number of fused-ring (bicyclic) bond motifs is 1. The zero-order valence-electron chi connectivity index (χ0n) is 20.7. The van der Waals surface area contributed by atoms with Crippen molar-refractivity contribution in [2.24, 2.45) is 0 Å². The Morgan fingerprint density at radius 3 is 2.28 bits per heavy atom. The maximum atomic E-state index is 15.0. The molecular weight excluding hydrogens is 520 g/mol. The van der Waals surface area contributed by atoms with E-state index in [-0.39, 0.29) is 16.1 Å². The molecular formula is C29H21F2N5O2S. The predicted molar refractivity (Wildman–Crippen MR) is 144 cm³/mol. The second-order valence-corrected chi connectivity index (χ2v) is 10.6. The minimum Gasteiger partial charge on any atom is -0.264 e. The van der Waals surface area contributed by atoms with Crippen molar-refractivity contribution in [3.8, 4) is 33.9 Å². The first-order valence-electron chi connectivity index (χ1n) is 12.1. The summed E-state index contributed by atoms with van der Waals surface area (Å²) in [6, 6.07) is 19.8. The molecule has 3 aromatic heterocycles. The molecule has 0 saturated heterocycles. The summed E-state index contributed by atoms with van der Waals surface area (Å²) in [5, 5.41) is 5.14. The molecule has 0 radical (unpaired) electrons. The number of hydrogen-bond acceptors (Lipinski definition) is 5. The van der Waals surface area contributed by atoms with Crippen molar-refractivity contribution in [1.29, 1.82) is 0 Å². The molecule has 0 amide bonds. The van der Waals surface area contributed by atoms with Gasteiger partial charge in [-0.3, -0.25) is 14.6 Å². The fraction of sp³-hybridized carbons (Fsp3) is 0.0690. The van der Waals surface area contributed by atoms with Gasteiger partial charge in [-0.05, 0) is 55.5 Å². The molecule has 10 heteroatoms. The molecule has 39 heavy (non-hydrogen) atoms. The van der Waals surface area contributed by atoms with Gasteiger partial charge in [0.15, 0.2) is 0 Å². The maximum absolute atomic E-state index is 15.0. The lowest BCUT2D eigenvalue weighted by atomic mass is 10.1. The third kappa shape index (κ3) is 4.18. The van der Waals surface area contributed by atoms with Crippen LogP contribution < -0.4 is 0 Å². The van der Waals surface area contributed by atoms with E-state index < -0.39 is 27.2 Å². The van der Waals surface area contributed by atoms with Crippen LogP contribution in [0.4, 0.5) is 8.78 Å². The molecule has 0 aliphatic carbocycles. The molecule has 0 spiro atoms. The summed E-state index contributed by atoms with van der Waals surface area (Å²) >= 11 is 0. The van der Waals surface area contributed by atoms with E-state index in [1.807, 2.05) is 13.0 Å². The lowest BCUT2D eigenvalue weighted by Crippen LogP contribution is -2.14. The van der Waals surface area contributed by atoms with Gasteiger partial charge in [-0.2, -0.15) is 5.10 Å². The van der Waals surface area contributed by atoms with Crippen molar-refractivity contribution < 1.29 is 17.2 Å². The summed E-state index contributed by atoms with van der Waals surface area (Å²) in [7, 11) is -4.21. The summed E-state index contributed by atoms with van der Waals surface area (Å²) in [5.41, 5.74) is 2.54. The fourth-order valence-corrected chi connectivity index (χ4v) is 6.21. The smallest absolute Gasteiger partial charge is 0.264 e. The first kappa shape index (κ1) is 24.6. The molecule has 3 heterocycles. The summed E-state index contributed by atoms with van der Waals surface area (Å²) in [6.07, 6.45) is 4.80. The molecule has 6 aromatic rings. The van der Waals surface area contributed by atoms with Crippen LogP contribution in [0, 0.1) is 11.6 Å². The Hall–Kier alpha value is -4.70. The van der Waals surface area contributed by atoms with E-state index >= 15 is 0 Å². The van der Waals surface area contributed by atoms with E-state index in [4.69, 9.17) is 0 Å². The molecule has 0 fully saturated rings. The van der Waals surface area contributed by atoms with Crippen molar-refractivity contribution in [3.63, 3.8) is 0 Å². The van der Waals surface area contributed by atoms with Crippen molar-refractivity contribution in [1.82, 2.24) is 23.7 Å². The minimum atomic E-state index is -4.21. The van der Waals surface area contributed by atoms with E-state index in [0.29, 0.717) is 23.3 Å². The van der Waals surface area contributed by atoms with Gasteiger partial charge in [0.25, 0.3) is 10.0 Å². The van der Waals surface area contributed by atoms with Crippen LogP contribution in [0.5, 0.6) is 0 Å². The Kier molecular flexibility index (Phi) is 6.03. The molecule has 7 nitrogen and oxygen atoms in total. The van der Waals surface area contributed by atoms with Crippen LogP contribution in [-0.2, 0) is 16.6 Å². The van der Waals surface area contributed by atoms with Crippen LogP contribution >= 0.6 is 0 Å². The molecule has 0 N–H and O–H groups in total.